The van der Waals surface area contributed by atoms with E-state index in [9.17, 15) is 9.59 Å². The number of aryl methyl sites for hydroxylation is 1. The van der Waals surface area contributed by atoms with Gasteiger partial charge in [-0.2, -0.15) is 0 Å². The third kappa shape index (κ3) is 4.57. The van der Waals surface area contributed by atoms with Crippen LogP contribution < -0.4 is 14.8 Å². The first kappa shape index (κ1) is 20.0. The molecule has 7 nitrogen and oxygen atoms in total. The Bertz CT molecular complexity index is 1010. The molecule has 0 aliphatic carbocycles. The van der Waals surface area contributed by atoms with E-state index in [1.807, 2.05) is 13.0 Å². The number of methoxy groups -OCH3 is 2. The summed E-state index contributed by atoms with van der Waals surface area (Å²) in [5, 5.41) is 2.67. The molecule has 0 spiro atoms. The smallest absolute Gasteiger partial charge is 0.340 e. The average Bonchev–Trinajstić information content (AvgIpc) is 3.28. The van der Waals surface area contributed by atoms with Crippen LogP contribution in [0, 0.1) is 6.92 Å². The number of amides is 1. The molecule has 3 rings (SSSR count). The van der Waals surface area contributed by atoms with Gasteiger partial charge in [0.2, 0.25) is 0 Å². The summed E-state index contributed by atoms with van der Waals surface area (Å²) in [4.78, 5) is 24.9. The van der Waals surface area contributed by atoms with Crippen LogP contribution in [0.3, 0.4) is 0 Å². The summed E-state index contributed by atoms with van der Waals surface area (Å²) in [6.07, 6.45) is 1.40. The fourth-order valence-electron chi connectivity index (χ4n) is 2.76. The zero-order chi connectivity index (χ0) is 20.8. The third-order valence-electron chi connectivity index (χ3n) is 4.34. The van der Waals surface area contributed by atoms with Crippen molar-refractivity contribution in [1.29, 1.82) is 0 Å². The third-order valence-corrected chi connectivity index (χ3v) is 4.34. The number of carbonyl (C=O) groups excluding carboxylic acids is 2. The Labute approximate surface area is 168 Å². The van der Waals surface area contributed by atoms with Crippen molar-refractivity contribution in [3.8, 4) is 11.5 Å². The minimum Gasteiger partial charge on any atom is -0.493 e. The number of anilines is 1. The minimum atomic E-state index is -0.561. The number of nitrogens with one attached hydrogen (secondary N) is 1. The first-order valence-corrected chi connectivity index (χ1v) is 8.86. The van der Waals surface area contributed by atoms with Gasteiger partial charge in [-0.15, -0.1) is 0 Å². The number of para-hydroxylation sites is 1. The van der Waals surface area contributed by atoms with Crippen molar-refractivity contribution in [2.75, 3.05) is 19.5 Å². The maximum atomic E-state index is 12.6. The lowest BCUT2D eigenvalue weighted by Gasteiger charge is -2.14. The molecular weight excluding hydrogens is 374 g/mol. The number of benzene rings is 2. The van der Waals surface area contributed by atoms with E-state index in [2.05, 4.69) is 5.32 Å². The zero-order valence-electron chi connectivity index (χ0n) is 16.4. The largest absolute Gasteiger partial charge is 0.493 e. The van der Waals surface area contributed by atoms with Gasteiger partial charge in [-0.1, -0.05) is 12.1 Å². The monoisotopic (exact) mass is 395 g/mol. The van der Waals surface area contributed by atoms with Crippen LogP contribution in [0.25, 0.3) is 0 Å². The highest BCUT2D eigenvalue weighted by atomic mass is 16.5. The van der Waals surface area contributed by atoms with E-state index in [4.69, 9.17) is 18.6 Å². The van der Waals surface area contributed by atoms with Crippen LogP contribution in [0.2, 0.25) is 0 Å². The fraction of sp³-hybridized carbons (Fsp3) is 0.182. The zero-order valence-corrected chi connectivity index (χ0v) is 16.4. The van der Waals surface area contributed by atoms with Crippen LogP contribution in [-0.2, 0) is 11.3 Å². The van der Waals surface area contributed by atoms with Crippen molar-refractivity contribution >= 4 is 17.6 Å². The van der Waals surface area contributed by atoms with Crippen LogP contribution in [0.15, 0.2) is 59.2 Å². The summed E-state index contributed by atoms with van der Waals surface area (Å²) >= 11 is 0. The molecule has 1 aromatic heterocycles. The molecule has 150 valence electrons. The van der Waals surface area contributed by atoms with Gasteiger partial charge >= 0.3 is 5.97 Å². The van der Waals surface area contributed by atoms with Crippen molar-refractivity contribution in [2.24, 2.45) is 0 Å². The molecule has 2 aromatic carbocycles. The Kier molecular flexibility index (Phi) is 6.19. The molecule has 0 bridgehead atoms. The van der Waals surface area contributed by atoms with Crippen LogP contribution in [0.1, 0.15) is 32.0 Å². The Hall–Kier alpha value is -3.74. The van der Waals surface area contributed by atoms with Gasteiger partial charge in [-0.25, -0.2) is 4.79 Å². The first-order chi connectivity index (χ1) is 14.0. The molecule has 0 saturated heterocycles. The van der Waals surface area contributed by atoms with E-state index >= 15 is 0 Å². The SMILES string of the molecule is COc1cc(C)c(COC(=O)c2ccccc2NC(=O)c2ccco2)cc1OC. The highest BCUT2D eigenvalue weighted by molar-refractivity contribution is 6.06. The van der Waals surface area contributed by atoms with Gasteiger partial charge in [-0.05, 0) is 54.4 Å². The number of hydrogen-bond acceptors (Lipinski definition) is 6. The molecule has 0 aliphatic rings. The molecule has 0 saturated carbocycles. The van der Waals surface area contributed by atoms with Crippen LogP contribution >= 0.6 is 0 Å². The summed E-state index contributed by atoms with van der Waals surface area (Å²) in [5.74, 6) is 0.288. The molecule has 0 fully saturated rings. The molecule has 1 N–H and O–H groups in total. The van der Waals surface area contributed by atoms with E-state index in [1.54, 1.807) is 50.6 Å². The number of furan rings is 1. The van der Waals surface area contributed by atoms with Gasteiger partial charge in [0.1, 0.15) is 6.61 Å². The van der Waals surface area contributed by atoms with Gasteiger partial charge in [0.15, 0.2) is 17.3 Å². The summed E-state index contributed by atoms with van der Waals surface area (Å²) in [6, 6.07) is 13.4. The van der Waals surface area contributed by atoms with Crippen LogP contribution in [-0.4, -0.2) is 26.1 Å². The van der Waals surface area contributed by atoms with E-state index < -0.39 is 11.9 Å². The number of esters is 1. The van der Waals surface area contributed by atoms with Gasteiger partial charge in [0.05, 0.1) is 31.7 Å². The lowest BCUT2D eigenvalue weighted by molar-refractivity contribution is 0.0473. The van der Waals surface area contributed by atoms with Crippen LogP contribution in [0.4, 0.5) is 5.69 Å². The second kappa shape index (κ2) is 8.97. The Balaban J connectivity index is 1.74. The summed E-state index contributed by atoms with van der Waals surface area (Å²) < 4.78 is 21.1. The molecule has 0 aliphatic heterocycles. The molecular formula is C22H21NO6. The predicted octanol–water partition coefficient (Wildman–Crippen LogP) is 4.21. The molecule has 0 atom stereocenters. The number of ether oxygens (including phenoxy) is 3. The summed E-state index contributed by atoms with van der Waals surface area (Å²) in [6.45, 7) is 1.94. The lowest BCUT2D eigenvalue weighted by Crippen LogP contribution is -2.15. The minimum absolute atomic E-state index is 0.0471. The number of hydrogen-bond donors (Lipinski definition) is 1. The maximum absolute atomic E-state index is 12.6. The molecule has 1 amide bonds. The van der Waals surface area contributed by atoms with Crippen molar-refractivity contribution < 1.29 is 28.2 Å². The first-order valence-electron chi connectivity index (χ1n) is 8.86. The molecule has 3 aromatic rings. The van der Waals surface area contributed by atoms with E-state index in [0.717, 1.165) is 11.1 Å². The van der Waals surface area contributed by atoms with Crippen molar-refractivity contribution in [3.63, 3.8) is 0 Å². The molecule has 0 radical (unpaired) electrons. The quantitative estimate of drug-likeness (QED) is 0.603. The van der Waals surface area contributed by atoms with Crippen LogP contribution in [0.5, 0.6) is 11.5 Å². The second-order valence-corrected chi connectivity index (χ2v) is 6.19. The Morgan fingerprint density at radius 3 is 2.41 bits per heavy atom. The van der Waals surface area contributed by atoms with Gasteiger partial charge in [0.25, 0.3) is 5.91 Å². The summed E-state index contributed by atoms with van der Waals surface area (Å²) in [5.41, 5.74) is 2.26. The van der Waals surface area contributed by atoms with Gasteiger partial charge < -0.3 is 23.9 Å². The normalized spacial score (nSPS) is 10.3. The molecule has 7 heteroatoms. The highest BCUT2D eigenvalue weighted by Crippen LogP contribution is 2.30. The van der Waals surface area contributed by atoms with E-state index in [0.29, 0.717) is 17.2 Å². The number of rotatable bonds is 7. The Morgan fingerprint density at radius 2 is 1.72 bits per heavy atom. The van der Waals surface area contributed by atoms with Crippen molar-refractivity contribution in [2.45, 2.75) is 13.5 Å². The topological polar surface area (TPSA) is 87.0 Å². The maximum Gasteiger partial charge on any atom is 0.340 e. The highest BCUT2D eigenvalue weighted by Gasteiger charge is 2.17. The predicted molar refractivity (Wildman–Crippen MR) is 107 cm³/mol. The van der Waals surface area contributed by atoms with E-state index in [1.165, 1.54) is 12.3 Å². The average molecular weight is 395 g/mol. The van der Waals surface area contributed by atoms with Gasteiger partial charge in [0, 0.05) is 0 Å². The molecule has 1 heterocycles. The second-order valence-electron chi connectivity index (χ2n) is 6.19. The van der Waals surface area contributed by atoms with Gasteiger partial charge in [-0.3, -0.25) is 4.79 Å². The molecule has 0 unspecified atom stereocenters. The molecule has 29 heavy (non-hydrogen) atoms. The summed E-state index contributed by atoms with van der Waals surface area (Å²) in [7, 11) is 3.10. The lowest BCUT2D eigenvalue weighted by atomic mass is 10.1. The fourth-order valence-corrected chi connectivity index (χ4v) is 2.76. The Morgan fingerprint density at radius 1 is 1.00 bits per heavy atom. The van der Waals surface area contributed by atoms with Crippen molar-refractivity contribution in [1.82, 2.24) is 0 Å². The standard InChI is InChI=1S/C22H21NO6/c1-14-11-19(26-2)20(27-3)12-15(14)13-29-22(25)16-7-4-5-8-17(16)23-21(24)18-9-6-10-28-18/h4-12H,13H2,1-3H3,(H,23,24). The van der Waals surface area contributed by atoms with E-state index in [-0.39, 0.29) is 17.9 Å². The van der Waals surface area contributed by atoms with Crippen molar-refractivity contribution in [3.05, 3.63) is 77.2 Å². The number of carbonyl (C=O) groups is 2.